The lowest BCUT2D eigenvalue weighted by atomic mass is 10.2. The van der Waals surface area contributed by atoms with Crippen molar-refractivity contribution in [2.24, 2.45) is 0 Å². The SMILES string of the molecule is C[C@@H]1COCCN1c1cc(I)c2cnn(COCC[Si](C)(C)C)c2n1. The molecule has 0 aliphatic carbocycles. The molecule has 1 atom stereocenters. The van der Waals surface area contributed by atoms with Gasteiger partial charge in [0.1, 0.15) is 12.5 Å². The molecule has 0 amide bonds. The Bertz CT molecular complexity index is 731. The zero-order chi connectivity index (χ0) is 18.0. The summed E-state index contributed by atoms with van der Waals surface area (Å²) in [4.78, 5) is 7.21. The quantitative estimate of drug-likeness (QED) is 0.364. The van der Waals surface area contributed by atoms with Crippen LogP contribution in [0.15, 0.2) is 12.3 Å². The molecule has 138 valence electrons. The van der Waals surface area contributed by atoms with Crippen molar-refractivity contribution >= 4 is 47.5 Å². The Balaban J connectivity index is 1.78. The predicted octanol–water partition coefficient (Wildman–Crippen LogP) is 3.57. The highest BCUT2D eigenvalue weighted by atomic mass is 127. The summed E-state index contributed by atoms with van der Waals surface area (Å²) in [5.74, 6) is 0.997. The van der Waals surface area contributed by atoms with Gasteiger partial charge in [-0.05, 0) is 41.6 Å². The minimum Gasteiger partial charge on any atom is -0.377 e. The molecule has 0 bridgehead atoms. The van der Waals surface area contributed by atoms with E-state index < -0.39 is 8.07 Å². The lowest BCUT2D eigenvalue weighted by molar-refractivity contribution is 0.0812. The molecule has 1 aliphatic rings. The highest BCUT2D eigenvalue weighted by Crippen LogP contribution is 2.26. The molecular formula is C17H27IN4O2Si. The Morgan fingerprint density at radius 3 is 2.92 bits per heavy atom. The van der Waals surface area contributed by atoms with E-state index in [0.29, 0.717) is 12.8 Å². The standard InChI is InChI=1S/C17H27IN4O2Si/c1-13-11-23-6-5-21(13)16-9-15(18)14-10-19-22(17(14)20-16)12-24-7-8-25(2,3)4/h9-10,13H,5-8,11-12H2,1-4H3/t13-/m1/s1. The van der Waals surface area contributed by atoms with Gasteiger partial charge < -0.3 is 14.4 Å². The largest absolute Gasteiger partial charge is 0.377 e. The first-order valence-electron chi connectivity index (χ1n) is 8.79. The summed E-state index contributed by atoms with van der Waals surface area (Å²) in [6.07, 6.45) is 1.89. The smallest absolute Gasteiger partial charge is 0.163 e. The molecule has 6 nitrogen and oxygen atoms in total. The van der Waals surface area contributed by atoms with Crippen LogP contribution in [0.25, 0.3) is 11.0 Å². The molecular weight excluding hydrogens is 447 g/mol. The van der Waals surface area contributed by atoms with Gasteiger partial charge in [-0.3, -0.25) is 0 Å². The third kappa shape index (κ3) is 4.72. The van der Waals surface area contributed by atoms with Gasteiger partial charge in [-0.15, -0.1) is 0 Å². The van der Waals surface area contributed by atoms with Crippen LogP contribution in [-0.4, -0.2) is 55.2 Å². The van der Waals surface area contributed by atoms with Crippen LogP contribution in [0.4, 0.5) is 5.82 Å². The lowest BCUT2D eigenvalue weighted by Crippen LogP contribution is -2.44. The number of halogens is 1. The van der Waals surface area contributed by atoms with Crippen molar-refractivity contribution in [1.29, 1.82) is 0 Å². The van der Waals surface area contributed by atoms with Gasteiger partial charge in [0, 0.05) is 24.8 Å². The second-order valence-electron chi connectivity index (χ2n) is 7.81. The Morgan fingerprint density at radius 2 is 2.20 bits per heavy atom. The molecule has 1 saturated heterocycles. The van der Waals surface area contributed by atoms with Crippen molar-refractivity contribution in [3.8, 4) is 0 Å². The van der Waals surface area contributed by atoms with Gasteiger partial charge in [-0.1, -0.05) is 19.6 Å². The van der Waals surface area contributed by atoms with Gasteiger partial charge >= 0.3 is 0 Å². The van der Waals surface area contributed by atoms with Crippen molar-refractivity contribution in [3.63, 3.8) is 0 Å². The first-order chi connectivity index (χ1) is 11.8. The molecule has 3 heterocycles. The number of hydrogen-bond acceptors (Lipinski definition) is 5. The molecule has 0 N–H and O–H groups in total. The number of fused-ring (bicyclic) bond motifs is 1. The molecule has 0 spiro atoms. The second-order valence-corrected chi connectivity index (χ2v) is 14.6. The fourth-order valence-corrected chi connectivity index (χ4v) is 4.25. The number of anilines is 1. The van der Waals surface area contributed by atoms with Crippen molar-refractivity contribution in [1.82, 2.24) is 14.8 Å². The van der Waals surface area contributed by atoms with E-state index in [1.54, 1.807) is 0 Å². The van der Waals surface area contributed by atoms with Gasteiger partial charge in [0.25, 0.3) is 0 Å². The van der Waals surface area contributed by atoms with E-state index in [-0.39, 0.29) is 0 Å². The first-order valence-corrected chi connectivity index (χ1v) is 13.6. The summed E-state index contributed by atoms with van der Waals surface area (Å²) in [6, 6.07) is 3.63. The zero-order valence-electron chi connectivity index (χ0n) is 15.5. The van der Waals surface area contributed by atoms with E-state index in [2.05, 4.69) is 65.2 Å². The number of hydrogen-bond donors (Lipinski definition) is 0. The van der Waals surface area contributed by atoms with Crippen molar-refractivity contribution < 1.29 is 9.47 Å². The van der Waals surface area contributed by atoms with E-state index in [4.69, 9.17) is 14.5 Å². The van der Waals surface area contributed by atoms with Gasteiger partial charge in [-0.25, -0.2) is 9.67 Å². The molecule has 2 aromatic rings. The van der Waals surface area contributed by atoms with E-state index in [9.17, 15) is 0 Å². The Labute approximate surface area is 164 Å². The van der Waals surface area contributed by atoms with Crippen LogP contribution in [0.3, 0.4) is 0 Å². The van der Waals surface area contributed by atoms with Crippen LogP contribution in [0.2, 0.25) is 25.7 Å². The molecule has 0 radical (unpaired) electrons. The molecule has 25 heavy (non-hydrogen) atoms. The van der Waals surface area contributed by atoms with Crippen molar-refractivity contribution in [2.75, 3.05) is 31.3 Å². The van der Waals surface area contributed by atoms with Crippen LogP contribution in [-0.2, 0) is 16.2 Å². The lowest BCUT2D eigenvalue weighted by Gasteiger charge is -2.34. The Kier molecular flexibility index (Phi) is 6.02. The highest BCUT2D eigenvalue weighted by molar-refractivity contribution is 14.1. The molecule has 0 aromatic carbocycles. The maximum absolute atomic E-state index is 5.87. The van der Waals surface area contributed by atoms with Crippen LogP contribution in [0, 0.1) is 3.57 Å². The van der Waals surface area contributed by atoms with Crippen LogP contribution in [0.5, 0.6) is 0 Å². The van der Waals surface area contributed by atoms with Gasteiger partial charge in [0.05, 0.1) is 30.8 Å². The van der Waals surface area contributed by atoms with E-state index in [0.717, 1.165) is 49.3 Å². The topological polar surface area (TPSA) is 52.4 Å². The molecule has 1 fully saturated rings. The van der Waals surface area contributed by atoms with E-state index in [1.807, 2.05) is 10.9 Å². The molecule has 1 aliphatic heterocycles. The Morgan fingerprint density at radius 1 is 1.40 bits per heavy atom. The number of aromatic nitrogens is 3. The summed E-state index contributed by atoms with van der Waals surface area (Å²) in [5, 5.41) is 5.57. The first kappa shape index (κ1) is 19.1. The van der Waals surface area contributed by atoms with Gasteiger partial charge in [0.15, 0.2) is 5.65 Å². The predicted molar refractivity (Wildman–Crippen MR) is 112 cm³/mol. The fourth-order valence-electron chi connectivity index (χ4n) is 2.84. The number of rotatable bonds is 6. The highest BCUT2D eigenvalue weighted by Gasteiger charge is 2.22. The summed E-state index contributed by atoms with van der Waals surface area (Å²) in [6.45, 7) is 12.9. The molecule has 2 aromatic heterocycles. The second kappa shape index (κ2) is 7.89. The van der Waals surface area contributed by atoms with Crippen molar-refractivity contribution in [2.45, 2.75) is 45.4 Å². The van der Waals surface area contributed by atoms with Crippen LogP contribution in [0.1, 0.15) is 6.92 Å². The average molecular weight is 474 g/mol. The summed E-state index contributed by atoms with van der Waals surface area (Å²) >= 11 is 2.37. The van der Waals surface area contributed by atoms with Gasteiger partial charge in [0.2, 0.25) is 0 Å². The molecule has 0 unspecified atom stereocenters. The minimum atomic E-state index is -1.07. The monoisotopic (exact) mass is 474 g/mol. The number of morpholine rings is 1. The maximum Gasteiger partial charge on any atom is 0.163 e. The summed E-state index contributed by atoms with van der Waals surface area (Å²) < 4.78 is 14.5. The maximum atomic E-state index is 5.87. The normalized spacial score (nSPS) is 18.9. The fraction of sp³-hybridized carbons (Fsp3) is 0.647. The summed E-state index contributed by atoms with van der Waals surface area (Å²) in [7, 11) is -1.07. The van der Waals surface area contributed by atoms with Gasteiger partial charge in [-0.2, -0.15) is 5.10 Å². The number of nitrogens with zero attached hydrogens (tertiary/aromatic N) is 4. The molecule has 3 rings (SSSR count). The third-order valence-electron chi connectivity index (χ3n) is 4.42. The molecule has 0 saturated carbocycles. The Hall–Kier alpha value is -0.713. The number of ether oxygens (including phenoxy) is 2. The third-order valence-corrected chi connectivity index (χ3v) is 7.01. The van der Waals surface area contributed by atoms with E-state index in [1.165, 1.54) is 3.57 Å². The minimum absolute atomic E-state index is 0.332. The summed E-state index contributed by atoms with van der Waals surface area (Å²) in [5.41, 5.74) is 0.897. The zero-order valence-corrected chi connectivity index (χ0v) is 18.6. The van der Waals surface area contributed by atoms with Crippen LogP contribution < -0.4 is 4.90 Å². The number of pyridine rings is 1. The average Bonchev–Trinajstić information content (AvgIpc) is 2.95. The van der Waals surface area contributed by atoms with Crippen LogP contribution >= 0.6 is 22.6 Å². The van der Waals surface area contributed by atoms with E-state index >= 15 is 0 Å². The molecule has 8 heteroatoms. The van der Waals surface area contributed by atoms with Crippen molar-refractivity contribution in [3.05, 3.63) is 15.8 Å².